The Labute approximate surface area is 204 Å². The van der Waals surface area contributed by atoms with Gasteiger partial charge in [0.05, 0.1) is 13.2 Å². The molecule has 0 aliphatic carbocycles. The van der Waals surface area contributed by atoms with Crippen molar-refractivity contribution in [2.75, 3.05) is 80.7 Å². The summed E-state index contributed by atoms with van der Waals surface area (Å²) >= 11 is 5.59. The summed E-state index contributed by atoms with van der Waals surface area (Å²) in [6.07, 6.45) is 6.33. The summed E-state index contributed by atoms with van der Waals surface area (Å²) in [6.45, 7) is 14.2. The number of anilines is 3. The summed E-state index contributed by atoms with van der Waals surface area (Å²) in [5, 5.41) is 7.20. The van der Waals surface area contributed by atoms with Crippen LogP contribution in [0.3, 0.4) is 0 Å². The minimum atomic E-state index is 0.586. The molecule has 1 aromatic heterocycles. The van der Waals surface area contributed by atoms with Gasteiger partial charge in [0, 0.05) is 58.4 Å². The van der Waals surface area contributed by atoms with E-state index in [1.807, 2.05) is 0 Å². The molecular formula is C24H41N7OS. The van der Waals surface area contributed by atoms with Crippen molar-refractivity contribution >= 4 is 34.9 Å². The van der Waals surface area contributed by atoms with Gasteiger partial charge in [0.2, 0.25) is 5.95 Å². The fraction of sp³-hybridized carbons (Fsp3) is 0.792. The molecular weight excluding hydrogens is 434 g/mol. The molecule has 8 nitrogen and oxygen atoms in total. The van der Waals surface area contributed by atoms with E-state index in [2.05, 4.69) is 45.2 Å². The van der Waals surface area contributed by atoms with Crippen LogP contribution in [0.2, 0.25) is 0 Å². The predicted molar refractivity (Wildman–Crippen MR) is 139 cm³/mol. The quantitative estimate of drug-likeness (QED) is 0.604. The first-order valence-electron chi connectivity index (χ1n) is 12.8. The van der Waals surface area contributed by atoms with Crippen LogP contribution in [0.4, 0.5) is 17.6 Å². The number of nitrogens with one attached hydrogen (secondary N) is 2. The van der Waals surface area contributed by atoms with Crippen LogP contribution in [0.5, 0.6) is 0 Å². The number of hydrogen-bond acceptors (Lipinski definition) is 7. The molecule has 3 fully saturated rings. The van der Waals surface area contributed by atoms with Crippen LogP contribution < -0.4 is 20.4 Å². The monoisotopic (exact) mass is 475 g/mol. The van der Waals surface area contributed by atoms with Crippen LogP contribution >= 0.6 is 12.2 Å². The Bertz CT molecular complexity index is 755. The standard InChI is InChI=1S/C24H41N7OS/c1-19-15-20(2)18-31(17-19)22-16-21(30-8-5-3-4-6-9-30)26-23(27-22)28-24(33)25-7-10-29-11-13-32-14-12-29/h16,19-20H,3-15,17-18H2,1-2H3,(H2,25,26,27,28,33)/t19-,20+. The molecule has 3 saturated heterocycles. The topological polar surface area (TPSA) is 68.8 Å². The van der Waals surface area contributed by atoms with Crippen LogP contribution in [0.15, 0.2) is 6.07 Å². The van der Waals surface area contributed by atoms with E-state index in [1.165, 1.54) is 32.1 Å². The van der Waals surface area contributed by atoms with Gasteiger partial charge in [0.15, 0.2) is 5.11 Å². The van der Waals surface area contributed by atoms with E-state index in [0.717, 1.165) is 77.2 Å². The van der Waals surface area contributed by atoms with E-state index >= 15 is 0 Å². The summed E-state index contributed by atoms with van der Waals surface area (Å²) in [5.74, 6) is 3.98. The molecule has 1 aromatic rings. The third kappa shape index (κ3) is 7.39. The van der Waals surface area contributed by atoms with Crippen LogP contribution in [0, 0.1) is 11.8 Å². The van der Waals surface area contributed by atoms with Crippen molar-refractivity contribution in [3.8, 4) is 0 Å². The Balaban J connectivity index is 1.44. The largest absolute Gasteiger partial charge is 0.379 e. The summed E-state index contributed by atoms with van der Waals surface area (Å²) in [4.78, 5) is 17.1. The molecule has 2 atom stereocenters. The van der Waals surface area contributed by atoms with E-state index in [9.17, 15) is 0 Å². The Kier molecular flexibility index (Phi) is 8.97. The average Bonchev–Trinajstić information content (AvgIpc) is 3.09. The Morgan fingerprint density at radius 1 is 0.970 bits per heavy atom. The SMILES string of the molecule is C[C@@H]1C[C@H](C)CN(c2cc(N3CCCCCC3)nc(NC(=S)NCCN3CCOCC3)n2)C1. The lowest BCUT2D eigenvalue weighted by Gasteiger charge is -2.36. The lowest BCUT2D eigenvalue weighted by molar-refractivity contribution is 0.0389. The van der Waals surface area contributed by atoms with Crippen molar-refractivity contribution in [1.82, 2.24) is 20.2 Å². The van der Waals surface area contributed by atoms with Gasteiger partial charge in [-0.3, -0.25) is 4.90 Å². The highest BCUT2D eigenvalue weighted by molar-refractivity contribution is 7.80. The highest BCUT2D eigenvalue weighted by atomic mass is 32.1. The number of piperidine rings is 1. The number of nitrogens with zero attached hydrogens (tertiary/aromatic N) is 5. The lowest BCUT2D eigenvalue weighted by atomic mass is 9.92. The number of hydrogen-bond donors (Lipinski definition) is 2. The molecule has 33 heavy (non-hydrogen) atoms. The molecule has 0 amide bonds. The highest BCUT2D eigenvalue weighted by Crippen LogP contribution is 2.29. The molecule has 0 aromatic carbocycles. The number of rotatable bonds is 6. The van der Waals surface area contributed by atoms with Gasteiger partial charge in [0.25, 0.3) is 0 Å². The first-order chi connectivity index (χ1) is 16.1. The Hall–Kier alpha value is -1.71. The van der Waals surface area contributed by atoms with Crippen molar-refractivity contribution in [1.29, 1.82) is 0 Å². The van der Waals surface area contributed by atoms with E-state index < -0.39 is 0 Å². The van der Waals surface area contributed by atoms with Crippen molar-refractivity contribution in [2.45, 2.75) is 46.0 Å². The molecule has 0 saturated carbocycles. The van der Waals surface area contributed by atoms with Gasteiger partial charge >= 0.3 is 0 Å². The second kappa shape index (κ2) is 12.1. The van der Waals surface area contributed by atoms with E-state index in [4.69, 9.17) is 26.9 Å². The van der Waals surface area contributed by atoms with E-state index in [0.29, 0.717) is 22.9 Å². The first-order valence-corrected chi connectivity index (χ1v) is 13.2. The second-order valence-electron chi connectivity index (χ2n) is 10.00. The zero-order valence-electron chi connectivity index (χ0n) is 20.4. The van der Waals surface area contributed by atoms with Gasteiger partial charge in [-0.25, -0.2) is 0 Å². The number of aromatic nitrogens is 2. The van der Waals surface area contributed by atoms with Gasteiger partial charge in [-0.05, 0) is 43.3 Å². The summed E-state index contributed by atoms with van der Waals surface area (Å²) in [6, 6.07) is 2.19. The second-order valence-corrected chi connectivity index (χ2v) is 10.4. The Morgan fingerprint density at radius 2 is 1.61 bits per heavy atom. The van der Waals surface area contributed by atoms with Gasteiger partial charge < -0.3 is 25.2 Å². The molecule has 184 valence electrons. The molecule has 0 bridgehead atoms. The average molecular weight is 476 g/mol. The summed E-state index contributed by atoms with van der Waals surface area (Å²) < 4.78 is 5.42. The predicted octanol–water partition coefficient (Wildman–Crippen LogP) is 2.96. The lowest BCUT2D eigenvalue weighted by Crippen LogP contribution is -2.42. The van der Waals surface area contributed by atoms with E-state index in [-0.39, 0.29) is 0 Å². The third-order valence-corrected chi connectivity index (χ3v) is 7.11. The summed E-state index contributed by atoms with van der Waals surface area (Å²) in [7, 11) is 0. The van der Waals surface area contributed by atoms with Crippen molar-refractivity contribution in [2.24, 2.45) is 11.8 Å². The van der Waals surface area contributed by atoms with Crippen LogP contribution in [0.25, 0.3) is 0 Å². The number of morpholine rings is 1. The molecule has 3 aliphatic heterocycles. The van der Waals surface area contributed by atoms with Crippen molar-refractivity contribution in [3.63, 3.8) is 0 Å². The smallest absolute Gasteiger partial charge is 0.232 e. The van der Waals surface area contributed by atoms with Gasteiger partial charge in [-0.2, -0.15) is 9.97 Å². The van der Waals surface area contributed by atoms with Gasteiger partial charge in [-0.1, -0.05) is 26.7 Å². The molecule has 0 unspecified atom stereocenters. The minimum absolute atomic E-state index is 0.586. The maximum Gasteiger partial charge on any atom is 0.232 e. The molecule has 9 heteroatoms. The van der Waals surface area contributed by atoms with Crippen molar-refractivity contribution < 1.29 is 4.74 Å². The zero-order chi connectivity index (χ0) is 23.0. The molecule has 3 aliphatic rings. The molecule has 2 N–H and O–H groups in total. The maximum absolute atomic E-state index is 5.59. The van der Waals surface area contributed by atoms with Crippen LogP contribution in [0.1, 0.15) is 46.0 Å². The molecule has 0 spiro atoms. The first kappa shape index (κ1) is 24.4. The highest BCUT2D eigenvalue weighted by Gasteiger charge is 2.25. The molecule has 4 rings (SSSR count). The maximum atomic E-state index is 5.59. The summed E-state index contributed by atoms with van der Waals surface area (Å²) in [5.41, 5.74) is 0. The normalized spacial score (nSPS) is 24.9. The molecule has 0 radical (unpaired) electrons. The van der Waals surface area contributed by atoms with Gasteiger partial charge in [0.1, 0.15) is 11.6 Å². The number of ether oxygens (including phenoxy) is 1. The third-order valence-electron chi connectivity index (χ3n) is 6.86. The van der Waals surface area contributed by atoms with Crippen LogP contribution in [-0.4, -0.2) is 85.6 Å². The fourth-order valence-corrected chi connectivity index (χ4v) is 5.44. The Morgan fingerprint density at radius 3 is 2.27 bits per heavy atom. The van der Waals surface area contributed by atoms with E-state index in [1.54, 1.807) is 0 Å². The zero-order valence-corrected chi connectivity index (χ0v) is 21.2. The fourth-order valence-electron chi connectivity index (χ4n) is 5.25. The van der Waals surface area contributed by atoms with Crippen LogP contribution in [-0.2, 0) is 4.74 Å². The van der Waals surface area contributed by atoms with Gasteiger partial charge in [-0.15, -0.1) is 0 Å². The molecule has 4 heterocycles. The van der Waals surface area contributed by atoms with Crippen molar-refractivity contribution in [3.05, 3.63) is 6.07 Å². The number of thiocarbonyl (C=S) groups is 1. The minimum Gasteiger partial charge on any atom is -0.379 e.